The van der Waals surface area contributed by atoms with Crippen molar-refractivity contribution in [3.63, 3.8) is 0 Å². The van der Waals surface area contributed by atoms with Crippen LogP contribution < -0.4 is 9.47 Å². The van der Waals surface area contributed by atoms with E-state index in [-0.39, 0.29) is 5.91 Å². The van der Waals surface area contributed by atoms with Crippen LogP contribution in [0.15, 0.2) is 42.5 Å². The highest BCUT2D eigenvalue weighted by molar-refractivity contribution is 7.17. The quantitative estimate of drug-likeness (QED) is 0.573. The number of hydrogen-bond donors (Lipinski definition) is 1. The molecule has 7 nitrogen and oxygen atoms in total. The van der Waals surface area contributed by atoms with Crippen LogP contribution in [-0.2, 0) is 17.8 Å². The molecule has 2 aromatic carbocycles. The molecule has 3 aromatic rings. The van der Waals surface area contributed by atoms with Gasteiger partial charge in [-0.1, -0.05) is 6.07 Å². The molecule has 0 fully saturated rings. The first kappa shape index (κ1) is 22.8. The van der Waals surface area contributed by atoms with Crippen LogP contribution in [0.4, 0.5) is 0 Å². The van der Waals surface area contributed by atoms with Crippen LogP contribution >= 0.6 is 11.3 Å². The molecule has 0 atom stereocenters. The summed E-state index contributed by atoms with van der Waals surface area (Å²) in [7, 11) is 1.63. The molecule has 1 aromatic heterocycles. The van der Waals surface area contributed by atoms with E-state index in [9.17, 15) is 14.7 Å². The Hall–Kier alpha value is -3.39. The molecule has 1 N–H and O–H groups in total. The Bertz CT molecular complexity index is 1200. The highest BCUT2D eigenvalue weighted by Gasteiger charge is 2.30. The van der Waals surface area contributed by atoms with Gasteiger partial charge in [0.2, 0.25) is 0 Å². The minimum atomic E-state index is -1.31. The first-order valence-electron chi connectivity index (χ1n) is 10.6. The number of fused-ring (bicyclic) bond motifs is 1. The molecular formula is C25H26N2O5S. The molecule has 0 spiro atoms. The summed E-state index contributed by atoms with van der Waals surface area (Å²) in [5, 5.41) is 10.1. The maximum absolute atomic E-state index is 13.3. The van der Waals surface area contributed by atoms with Crippen molar-refractivity contribution < 1.29 is 24.2 Å². The van der Waals surface area contributed by atoms with Gasteiger partial charge < -0.3 is 19.5 Å². The number of carbonyl (C=O) groups is 2. The minimum Gasteiger partial charge on any atom is -0.497 e. The van der Waals surface area contributed by atoms with Gasteiger partial charge in [-0.2, -0.15) is 0 Å². The lowest BCUT2D eigenvalue weighted by atomic mass is 9.99. The summed E-state index contributed by atoms with van der Waals surface area (Å²) in [6, 6.07) is 13.2. The lowest BCUT2D eigenvalue weighted by Gasteiger charge is -2.29. The molecule has 0 aliphatic carbocycles. The molecule has 8 heteroatoms. The Morgan fingerprint density at radius 3 is 2.45 bits per heavy atom. The molecule has 0 unspecified atom stereocenters. The van der Waals surface area contributed by atoms with Crippen LogP contribution in [0.25, 0.3) is 10.6 Å². The highest BCUT2D eigenvalue weighted by atomic mass is 32.1. The molecule has 1 amide bonds. The summed E-state index contributed by atoms with van der Waals surface area (Å²) < 4.78 is 10.9. The maximum atomic E-state index is 13.3. The van der Waals surface area contributed by atoms with Crippen molar-refractivity contribution >= 4 is 23.2 Å². The van der Waals surface area contributed by atoms with E-state index in [1.165, 1.54) is 25.2 Å². The van der Waals surface area contributed by atoms with Gasteiger partial charge in [0.25, 0.3) is 5.91 Å². The maximum Gasteiger partial charge on any atom is 0.347 e. The fourth-order valence-electron chi connectivity index (χ4n) is 3.70. The molecule has 4 rings (SSSR count). The largest absolute Gasteiger partial charge is 0.497 e. The molecule has 1 aliphatic rings. The third kappa shape index (κ3) is 4.71. The van der Waals surface area contributed by atoms with Crippen LogP contribution in [0.3, 0.4) is 0 Å². The van der Waals surface area contributed by atoms with Gasteiger partial charge in [-0.05, 0) is 74.7 Å². The van der Waals surface area contributed by atoms with E-state index in [2.05, 4.69) is 4.98 Å². The lowest BCUT2D eigenvalue weighted by Crippen LogP contribution is -2.38. The minimum absolute atomic E-state index is 0.0252. The Balaban J connectivity index is 1.50. The van der Waals surface area contributed by atoms with Crippen LogP contribution in [-0.4, -0.2) is 46.1 Å². The van der Waals surface area contributed by atoms with Crippen LogP contribution in [0.5, 0.6) is 11.5 Å². The number of aliphatic carboxylic acids is 1. The topological polar surface area (TPSA) is 89.0 Å². The zero-order valence-corrected chi connectivity index (χ0v) is 19.9. The van der Waals surface area contributed by atoms with E-state index in [4.69, 9.17) is 9.47 Å². The molecule has 0 saturated heterocycles. The third-order valence-corrected chi connectivity index (χ3v) is 6.89. The van der Waals surface area contributed by atoms with Gasteiger partial charge in [0.15, 0.2) is 5.60 Å². The van der Waals surface area contributed by atoms with Crippen molar-refractivity contribution in [2.45, 2.75) is 39.3 Å². The number of aryl methyl sites for hydroxylation is 1. The van der Waals surface area contributed by atoms with Crippen molar-refractivity contribution in [1.29, 1.82) is 0 Å². The van der Waals surface area contributed by atoms with Crippen molar-refractivity contribution in [2.24, 2.45) is 0 Å². The molecule has 172 valence electrons. The molecule has 0 saturated carbocycles. The number of carboxylic acids is 1. The van der Waals surface area contributed by atoms with Crippen LogP contribution in [0.2, 0.25) is 0 Å². The van der Waals surface area contributed by atoms with E-state index in [0.29, 0.717) is 30.1 Å². The molecule has 1 aliphatic heterocycles. The summed E-state index contributed by atoms with van der Waals surface area (Å²) >= 11 is 1.40. The number of carbonyl (C=O) groups excluding carboxylic acids is 1. The molecule has 0 bridgehead atoms. The number of hydrogen-bond acceptors (Lipinski definition) is 6. The smallest absolute Gasteiger partial charge is 0.347 e. The van der Waals surface area contributed by atoms with E-state index in [0.717, 1.165) is 33.1 Å². The Kier molecular flexibility index (Phi) is 6.12. The Morgan fingerprint density at radius 2 is 1.79 bits per heavy atom. The average molecular weight is 467 g/mol. The number of thiazole rings is 1. The highest BCUT2D eigenvalue weighted by Crippen LogP contribution is 2.32. The number of carboxylic acid groups (broad SMARTS) is 1. The van der Waals surface area contributed by atoms with Gasteiger partial charge in [0.1, 0.15) is 21.4 Å². The molecule has 33 heavy (non-hydrogen) atoms. The summed E-state index contributed by atoms with van der Waals surface area (Å²) in [5.41, 5.74) is 2.46. The summed E-state index contributed by atoms with van der Waals surface area (Å²) in [4.78, 5) is 31.7. The number of ether oxygens (including phenoxy) is 2. The number of rotatable bonds is 6. The number of benzene rings is 2. The fourth-order valence-corrected chi connectivity index (χ4v) is 4.74. The predicted octanol–water partition coefficient (Wildman–Crippen LogP) is 4.57. The van der Waals surface area contributed by atoms with Gasteiger partial charge in [-0.25, -0.2) is 9.78 Å². The first-order chi connectivity index (χ1) is 15.7. The summed E-state index contributed by atoms with van der Waals surface area (Å²) in [6.45, 7) is 5.97. The SMILES string of the molecule is COc1ccc(-c2nc(C)c(C(=O)N3CCc4cc(OC(C)(C)C(=O)O)ccc4C3)s2)cc1. The molecular weight excluding hydrogens is 440 g/mol. The van der Waals surface area contributed by atoms with Crippen LogP contribution in [0, 0.1) is 6.92 Å². The van der Waals surface area contributed by atoms with Crippen molar-refractivity contribution in [3.05, 3.63) is 64.2 Å². The number of methoxy groups -OCH3 is 1. The van der Waals surface area contributed by atoms with E-state index in [1.54, 1.807) is 13.2 Å². The zero-order valence-electron chi connectivity index (χ0n) is 19.0. The predicted molar refractivity (Wildman–Crippen MR) is 126 cm³/mol. The summed E-state index contributed by atoms with van der Waals surface area (Å²) in [5.74, 6) is 0.243. The van der Waals surface area contributed by atoms with Gasteiger partial charge in [0, 0.05) is 18.7 Å². The second kappa shape index (κ2) is 8.86. The average Bonchev–Trinajstić information content (AvgIpc) is 3.19. The van der Waals surface area contributed by atoms with Gasteiger partial charge in [0.05, 0.1) is 12.8 Å². The third-order valence-electron chi connectivity index (χ3n) is 5.69. The van der Waals surface area contributed by atoms with Crippen LogP contribution in [0.1, 0.15) is 40.3 Å². The van der Waals surface area contributed by atoms with Gasteiger partial charge >= 0.3 is 5.97 Å². The second-order valence-corrected chi connectivity index (χ2v) is 9.49. The molecule has 2 heterocycles. The van der Waals surface area contributed by atoms with Crippen molar-refractivity contribution in [1.82, 2.24) is 9.88 Å². The second-order valence-electron chi connectivity index (χ2n) is 8.49. The van der Waals surface area contributed by atoms with E-state index >= 15 is 0 Å². The lowest BCUT2D eigenvalue weighted by molar-refractivity contribution is -0.152. The Morgan fingerprint density at radius 1 is 1.09 bits per heavy atom. The van der Waals surface area contributed by atoms with Crippen molar-refractivity contribution in [3.8, 4) is 22.1 Å². The Labute approximate surface area is 196 Å². The van der Waals surface area contributed by atoms with Gasteiger partial charge in [-0.3, -0.25) is 4.79 Å². The monoisotopic (exact) mass is 466 g/mol. The fraction of sp³-hybridized carbons (Fsp3) is 0.320. The standard InChI is InChI=1S/C25H26N2O5S/c1-15-21(33-22(26-15)16-5-8-19(31-4)9-6-16)23(28)27-12-11-17-13-20(10-7-18(17)14-27)32-25(2,3)24(29)30/h5-10,13H,11-12,14H2,1-4H3,(H,29,30). The van der Waals surface area contributed by atoms with Gasteiger partial charge in [-0.15, -0.1) is 11.3 Å². The molecule has 0 radical (unpaired) electrons. The normalized spacial score (nSPS) is 13.4. The summed E-state index contributed by atoms with van der Waals surface area (Å²) in [6.07, 6.45) is 0.676. The van der Waals surface area contributed by atoms with E-state index in [1.807, 2.05) is 48.2 Å². The van der Waals surface area contributed by atoms with Crippen molar-refractivity contribution in [2.75, 3.05) is 13.7 Å². The zero-order chi connectivity index (χ0) is 23.8. The first-order valence-corrected chi connectivity index (χ1v) is 11.4. The number of amides is 1. The van der Waals surface area contributed by atoms with E-state index < -0.39 is 11.6 Å². The number of nitrogens with zero attached hydrogens (tertiary/aromatic N) is 2. The number of aromatic nitrogens is 1.